The molecule has 0 fully saturated rings. The Bertz CT molecular complexity index is 633. The first-order valence-electron chi connectivity index (χ1n) is 8.15. The molecular formula is C17H26IN5O2. The highest BCUT2D eigenvalue weighted by Crippen LogP contribution is 2.07. The predicted octanol–water partition coefficient (Wildman–Crippen LogP) is 2.51. The zero-order chi connectivity index (χ0) is 17.2. The summed E-state index contributed by atoms with van der Waals surface area (Å²) < 4.78 is 10.8. The third-order valence-corrected chi connectivity index (χ3v) is 3.29. The molecule has 0 spiro atoms. The Morgan fingerprint density at radius 2 is 2.08 bits per heavy atom. The first-order chi connectivity index (χ1) is 11.7. The van der Waals surface area contributed by atoms with Gasteiger partial charge in [-0.25, -0.2) is 0 Å². The summed E-state index contributed by atoms with van der Waals surface area (Å²) in [6, 6.07) is 9.80. The molecule has 0 amide bonds. The second-order valence-electron chi connectivity index (χ2n) is 5.30. The summed E-state index contributed by atoms with van der Waals surface area (Å²) in [7, 11) is 1.99. The minimum atomic E-state index is 0. The van der Waals surface area contributed by atoms with Crippen LogP contribution in [0.4, 0.5) is 0 Å². The monoisotopic (exact) mass is 459 g/mol. The molecular weight excluding hydrogens is 433 g/mol. The summed E-state index contributed by atoms with van der Waals surface area (Å²) in [6.45, 7) is 6.58. The first kappa shape index (κ1) is 21.2. The van der Waals surface area contributed by atoms with Gasteiger partial charge in [0.1, 0.15) is 12.4 Å². The minimum Gasteiger partial charge on any atom is -0.492 e. The number of hydrogen-bond donors (Lipinski definition) is 1. The Balaban J connectivity index is 0.00000312. The zero-order valence-corrected chi connectivity index (χ0v) is 17.3. The van der Waals surface area contributed by atoms with E-state index in [4.69, 9.17) is 9.26 Å². The van der Waals surface area contributed by atoms with Gasteiger partial charge >= 0.3 is 0 Å². The average Bonchev–Trinajstić information content (AvgIpc) is 3.00. The van der Waals surface area contributed by atoms with Crippen LogP contribution >= 0.6 is 24.0 Å². The van der Waals surface area contributed by atoms with Crippen molar-refractivity contribution in [2.45, 2.75) is 20.3 Å². The Hall–Kier alpha value is -1.84. The Morgan fingerprint density at radius 1 is 1.32 bits per heavy atom. The van der Waals surface area contributed by atoms with E-state index in [-0.39, 0.29) is 24.0 Å². The van der Waals surface area contributed by atoms with Gasteiger partial charge in [0, 0.05) is 20.0 Å². The number of nitrogens with one attached hydrogen (secondary N) is 1. The number of aromatic nitrogens is 2. The van der Waals surface area contributed by atoms with Crippen molar-refractivity contribution in [1.82, 2.24) is 20.4 Å². The quantitative estimate of drug-likeness (QED) is 0.372. The van der Waals surface area contributed by atoms with Crippen LogP contribution in [-0.2, 0) is 6.42 Å². The lowest BCUT2D eigenvalue weighted by atomic mass is 10.3. The molecule has 1 N–H and O–H groups in total. The van der Waals surface area contributed by atoms with Crippen LogP contribution in [0.1, 0.15) is 18.6 Å². The van der Waals surface area contributed by atoms with Crippen LogP contribution in [0.15, 0.2) is 39.8 Å². The average molecular weight is 459 g/mol. The molecule has 138 valence electrons. The molecule has 0 aliphatic heterocycles. The number of likely N-dealkylation sites (N-methyl/N-ethyl adjacent to an activating group) is 1. The molecule has 1 heterocycles. The number of benzene rings is 1. The summed E-state index contributed by atoms with van der Waals surface area (Å²) in [5.74, 6) is 2.98. The normalized spacial score (nSPS) is 10.9. The summed E-state index contributed by atoms with van der Waals surface area (Å²) in [6.07, 6.45) is 0.629. The van der Waals surface area contributed by atoms with Crippen molar-refractivity contribution in [3.05, 3.63) is 42.0 Å². The maximum atomic E-state index is 5.72. The third kappa shape index (κ3) is 7.72. The molecule has 0 radical (unpaired) electrons. The topological polar surface area (TPSA) is 75.8 Å². The largest absolute Gasteiger partial charge is 0.492 e. The summed E-state index contributed by atoms with van der Waals surface area (Å²) >= 11 is 0. The van der Waals surface area contributed by atoms with Crippen molar-refractivity contribution < 1.29 is 9.26 Å². The van der Waals surface area contributed by atoms with Gasteiger partial charge in [-0.05, 0) is 26.0 Å². The molecule has 0 unspecified atom stereocenters. The van der Waals surface area contributed by atoms with Gasteiger partial charge in [0.15, 0.2) is 11.8 Å². The molecule has 7 nitrogen and oxygen atoms in total. The number of aryl methyl sites for hydroxylation is 1. The highest BCUT2D eigenvalue weighted by Gasteiger charge is 2.07. The molecule has 0 saturated carbocycles. The van der Waals surface area contributed by atoms with Crippen LogP contribution in [0, 0.1) is 6.92 Å². The maximum Gasteiger partial charge on any atom is 0.228 e. The smallest absolute Gasteiger partial charge is 0.228 e. The van der Waals surface area contributed by atoms with Crippen molar-refractivity contribution in [2.24, 2.45) is 4.99 Å². The van der Waals surface area contributed by atoms with Crippen molar-refractivity contribution in [1.29, 1.82) is 0 Å². The molecule has 0 atom stereocenters. The number of rotatable bonds is 8. The number of hydrogen-bond acceptors (Lipinski definition) is 5. The van der Waals surface area contributed by atoms with Gasteiger partial charge in [-0.15, -0.1) is 24.0 Å². The van der Waals surface area contributed by atoms with E-state index in [1.807, 2.05) is 49.2 Å². The van der Waals surface area contributed by atoms with Gasteiger partial charge in [-0.3, -0.25) is 4.99 Å². The van der Waals surface area contributed by atoms with Gasteiger partial charge < -0.3 is 19.5 Å². The van der Waals surface area contributed by atoms with Crippen molar-refractivity contribution >= 4 is 29.9 Å². The van der Waals surface area contributed by atoms with Gasteiger partial charge in [0.25, 0.3) is 0 Å². The molecule has 2 rings (SSSR count). The van der Waals surface area contributed by atoms with E-state index in [2.05, 4.69) is 20.4 Å². The standard InChI is InChI=1S/C17H25N5O2.HI/c1-4-18-17(19-11-10-16-20-14(2)21-24-16)22(3)12-13-23-15-8-6-5-7-9-15;/h5-9H,4,10-13H2,1-3H3,(H,18,19);1H. The van der Waals surface area contributed by atoms with Crippen molar-refractivity contribution in [2.75, 3.05) is 33.3 Å². The van der Waals surface area contributed by atoms with E-state index < -0.39 is 0 Å². The molecule has 1 aromatic heterocycles. The molecule has 8 heteroatoms. The lowest BCUT2D eigenvalue weighted by molar-refractivity contribution is 0.281. The lowest BCUT2D eigenvalue weighted by Gasteiger charge is -2.22. The SMILES string of the molecule is CCNC(=NCCc1nc(C)no1)N(C)CCOc1ccccc1.I. The van der Waals surface area contributed by atoms with Gasteiger partial charge in [-0.2, -0.15) is 4.98 Å². The summed E-state index contributed by atoms with van der Waals surface area (Å²) in [5, 5.41) is 7.05. The fraction of sp³-hybridized carbons (Fsp3) is 0.471. The first-order valence-corrected chi connectivity index (χ1v) is 8.15. The molecule has 0 saturated heterocycles. The van der Waals surface area contributed by atoms with E-state index in [1.54, 1.807) is 6.92 Å². The number of para-hydroxylation sites is 1. The number of halogens is 1. The van der Waals surface area contributed by atoms with Crippen LogP contribution in [0.5, 0.6) is 5.75 Å². The lowest BCUT2D eigenvalue weighted by Crippen LogP contribution is -2.41. The van der Waals surface area contributed by atoms with Gasteiger partial charge in [0.05, 0.1) is 13.1 Å². The summed E-state index contributed by atoms with van der Waals surface area (Å²) in [4.78, 5) is 10.8. The number of guanidine groups is 1. The van der Waals surface area contributed by atoms with Crippen LogP contribution in [0.25, 0.3) is 0 Å². The number of ether oxygens (including phenoxy) is 1. The van der Waals surface area contributed by atoms with Gasteiger partial charge in [-0.1, -0.05) is 23.4 Å². The predicted molar refractivity (Wildman–Crippen MR) is 109 cm³/mol. The van der Waals surface area contributed by atoms with E-state index >= 15 is 0 Å². The van der Waals surface area contributed by atoms with Crippen molar-refractivity contribution in [3.8, 4) is 5.75 Å². The van der Waals surface area contributed by atoms with Crippen LogP contribution in [0.2, 0.25) is 0 Å². The molecule has 0 bridgehead atoms. The summed E-state index contributed by atoms with van der Waals surface area (Å²) in [5.41, 5.74) is 0. The second kappa shape index (κ2) is 11.7. The Labute approximate surface area is 165 Å². The fourth-order valence-corrected chi connectivity index (χ4v) is 2.09. The molecule has 2 aromatic rings. The van der Waals surface area contributed by atoms with Gasteiger partial charge in [0.2, 0.25) is 5.89 Å². The zero-order valence-electron chi connectivity index (χ0n) is 14.9. The molecule has 1 aromatic carbocycles. The fourth-order valence-electron chi connectivity index (χ4n) is 2.09. The maximum absolute atomic E-state index is 5.72. The van der Waals surface area contributed by atoms with Crippen molar-refractivity contribution in [3.63, 3.8) is 0 Å². The van der Waals surface area contributed by atoms with Crippen LogP contribution < -0.4 is 10.1 Å². The Morgan fingerprint density at radius 3 is 2.72 bits per heavy atom. The molecule has 0 aliphatic carbocycles. The van der Waals surface area contributed by atoms with Crippen LogP contribution in [-0.4, -0.2) is 54.3 Å². The molecule has 25 heavy (non-hydrogen) atoms. The molecule has 0 aliphatic rings. The Kier molecular flexibility index (Phi) is 9.90. The van der Waals surface area contributed by atoms with E-state index in [0.717, 1.165) is 24.8 Å². The van der Waals surface area contributed by atoms with E-state index in [1.165, 1.54) is 0 Å². The van der Waals surface area contributed by atoms with Crippen LogP contribution in [0.3, 0.4) is 0 Å². The minimum absolute atomic E-state index is 0. The van der Waals surface area contributed by atoms with E-state index in [9.17, 15) is 0 Å². The number of aliphatic imine (C=N–C) groups is 1. The second-order valence-corrected chi connectivity index (χ2v) is 5.30. The van der Waals surface area contributed by atoms with E-state index in [0.29, 0.717) is 31.3 Å². The number of nitrogens with zero attached hydrogens (tertiary/aromatic N) is 4. The third-order valence-electron chi connectivity index (χ3n) is 3.29. The highest BCUT2D eigenvalue weighted by atomic mass is 127. The highest BCUT2D eigenvalue weighted by molar-refractivity contribution is 14.0.